The minimum absolute atomic E-state index is 0.895. The molecule has 3 aliphatic rings. The Bertz CT molecular complexity index is 1790. The van der Waals surface area contributed by atoms with Crippen LogP contribution >= 0.6 is 0 Å². The molecule has 6 heteroatoms. The van der Waals surface area contributed by atoms with Crippen molar-refractivity contribution in [2.24, 2.45) is 15.0 Å². The van der Waals surface area contributed by atoms with Crippen LogP contribution in [0.5, 0.6) is 0 Å². The predicted octanol–water partition coefficient (Wildman–Crippen LogP) is 7.61. The number of allylic oxidation sites excluding steroid dienone is 1. The highest BCUT2D eigenvalue weighted by Gasteiger charge is 2.17. The fourth-order valence-corrected chi connectivity index (χ4v) is 4.85. The number of aryl methyl sites for hydroxylation is 1. The van der Waals surface area contributed by atoms with E-state index in [0.717, 1.165) is 64.9 Å². The summed E-state index contributed by atoms with van der Waals surface area (Å²) in [6, 6.07) is 32.4. The molecular formula is C36H30N6. The van der Waals surface area contributed by atoms with Crippen molar-refractivity contribution in [3.05, 3.63) is 162 Å². The predicted molar refractivity (Wildman–Crippen MR) is 170 cm³/mol. The van der Waals surface area contributed by atoms with Gasteiger partial charge in [0.1, 0.15) is 0 Å². The van der Waals surface area contributed by atoms with E-state index >= 15 is 0 Å². The van der Waals surface area contributed by atoms with Gasteiger partial charge in [-0.3, -0.25) is 29.9 Å². The van der Waals surface area contributed by atoms with Gasteiger partial charge in [-0.2, -0.15) is 0 Å². The van der Waals surface area contributed by atoms with Gasteiger partial charge in [0.05, 0.1) is 45.6 Å². The first-order valence-corrected chi connectivity index (χ1v) is 14.0. The highest BCUT2D eigenvalue weighted by atomic mass is 14.8. The van der Waals surface area contributed by atoms with Crippen LogP contribution in [-0.2, 0) is 12.8 Å². The van der Waals surface area contributed by atoms with Gasteiger partial charge in [0, 0.05) is 44.1 Å². The van der Waals surface area contributed by atoms with Gasteiger partial charge < -0.3 is 0 Å². The molecule has 42 heavy (non-hydrogen) atoms. The summed E-state index contributed by atoms with van der Waals surface area (Å²) in [4.78, 5) is 26.2. The molecule has 3 aliphatic heterocycles. The molecule has 0 saturated heterocycles. The van der Waals surface area contributed by atoms with Crippen LogP contribution in [-0.4, -0.2) is 32.1 Å². The third kappa shape index (κ3) is 6.50. The van der Waals surface area contributed by atoms with E-state index in [4.69, 9.17) is 0 Å². The Morgan fingerprint density at radius 3 is 1.62 bits per heavy atom. The first-order chi connectivity index (χ1) is 20.7. The van der Waals surface area contributed by atoms with Crippen LogP contribution in [0.1, 0.15) is 40.2 Å². The Morgan fingerprint density at radius 2 is 1.07 bits per heavy atom. The smallest absolute Gasteiger partial charge is 0.0848 e. The van der Waals surface area contributed by atoms with Crippen molar-refractivity contribution in [1.29, 1.82) is 0 Å². The number of pyridine rings is 3. The second kappa shape index (κ2) is 12.9. The molecule has 0 N–H and O–H groups in total. The summed E-state index contributed by atoms with van der Waals surface area (Å²) in [7, 11) is 0. The van der Waals surface area contributed by atoms with Gasteiger partial charge in [0.15, 0.2) is 0 Å². The summed E-state index contributed by atoms with van der Waals surface area (Å²) in [6.45, 7) is 2.09. The maximum absolute atomic E-state index is 4.64. The molecule has 0 unspecified atom stereocenters. The molecule has 2 aromatic carbocycles. The maximum atomic E-state index is 4.64. The van der Waals surface area contributed by atoms with Crippen molar-refractivity contribution in [2.45, 2.75) is 26.2 Å². The third-order valence-corrected chi connectivity index (χ3v) is 6.99. The van der Waals surface area contributed by atoms with Gasteiger partial charge in [0.2, 0.25) is 0 Å². The normalized spacial score (nSPS) is 13.9. The number of para-hydroxylation sites is 1. The molecule has 0 spiro atoms. The monoisotopic (exact) mass is 546 g/mol. The van der Waals surface area contributed by atoms with Gasteiger partial charge in [-0.15, -0.1) is 0 Å². The molecular weight excluding hydrogens is 516 g/mol. The number of fused-ring (bicyclic) bond motifs is 2. The molecule has 204 valence electrons. The highest BCUT2D eigenvalue weighted by molar-refractivity contribution is 6.06. The van der Waals surface area contributed by atoms with Crippen LogP contribution in [0, 0.1) is 6.92 Å². The largest absolute Gasteiger partial charge is 0.259 e. The van der Waals surface area contributed by atoms with Gasteiger partial charge in [-0.1, -0.05) is 54.6 Å². The first-order valence-electron chi connectivity index (χ1n) is 14.0. The number of nitrogens with zero attached hydrogens (tertiary/aromatic N) is 6. The first kappa shape index (κ1) is 26.8. The molecule has 0 atom stereocenters. The molecule has 3 aromatic heterocycles. The lowest BCUT2D eigenvalue weighted by molar-refractivity contribution is 1.26. The number of hydrogen-bond acceptors (Lipinski definition) is 6. The van der Waals surface area contributed by atoms with Crippen molar-refractivity contribution in [3.63, 3.8) is 0 Å². The Kier molecular flexibility index (Phi) is 8.23. The molecule has 0 saturated carbocycles. The molecule has 8 rings (SSSR count). The van der Waals surface area contributed by atoms with E-state index in [2.05, 4.69) is 67.2 Å². The van der Waals surface area contributed by atoms with E-state index in [1.165, 1.54) is 16.7 Å². The zero-order chi connectivity index (χ0) is 28.6. The van der Waals surface area contributed by atoms with Crippen LogP contribution in [0.3, 0.4) is 0 Å². The molecule has 0 radical (unpaired) electrons. The van der Waals surface area contributed by atoms with E-state index in [1.54, 1.807) is 12.4 Å². The lowest BCUT2D eigenvalue weighted by Crippen LogP contribution is -2.02. The lowest BCUT2D eigenvalue weighted by atomic mass is 10.1. The van der Waals surface area contributed by atoms with Crippen LogP contribution in [0.4, 0.5) is 11.4 Å². The van der Waals surface area contributed by atoms with Crippen molar-refractivity contribution in [1.82, 2.24) is 15.0 Å². The van der Waals surface area contributed by atoms with Gasteiger partial charge in [-0.25, -0.2) is 0 Å². The van der Waals surface area contributed by atoms with Crippen LogP contribution in [0.25, 0.3) is 0 Å². The van der Waals surface area contributed by atoms with Crippen molar-refractivity contribution in [2.75, 3.05) is 0 Å². The molecule has 0 fully saturated rings. The van der Waals surface area contributed by atoms with E-state index in [-0.39, 0.29) is 0 Å². The molecule has 0 amide bonds. The summed E-state index contributed by atoms with van der Waals surface area (Å²) >= 11 is 0. The summed E-state index contributed by atoms with van der Waals surface area (Å²) in [5, 5.41) is 0. The number of aromatic nitrogens is 3. The highest BCUT2D eigenvalue weighted by Crippen LogP contribution is 2.29. The van der Waals surface area contributed by atoms with E-state index in [1.807, 2.05) is 85.2 Å². The number of hydrogen-bond donors (Lipinski definition) is 0. The molecule has 0 aliphatic carbocycles. The SMILES string of the molecule is C1=CN=C(c2ccccn2)C1.Cc1ccc2c(c1)N=C(c1ccccn1)C2.c1ccc(C2=Nc3ccccc3C2)nc1. The van der Waals surface area contributed by atoms with E-state index in [0.29, 0.717) is 0 Å². The summed E-state index contributed by atoms with van der Waals surface area (Å²) in [6.07, 6.45) is 12.0. The second-order valence-electron chi connectivity index (χ2n) is 10.0. The molecule has 6 nitrogen and oxygen atoms in total. The topological polar surface area (TPSA) is 75.8 Å². The summed E-state index contributed by atoms with van der Waals surface area (Å²) in [5.41, 5.74) is 12.2. The number of rotatable bonds is 3. The fraction of sp³-hybridized carbons (Fsp3) is 0.111. The molecule has 0 bridgehead atoms. The van der Waals surface area contributed by atoms with Crippen molar-refractivity contribution < 1.29 is 0 Å². The second-order valence-corrected chi connectivity index (χ2v) is 10.0. The van der Waals surface area contributed by atoms with Gasteiger partial charge in [0.25, 0.3) is 0 Å². The zero-order valence-corrected chi connectivity index (χ0v) is 23.4. The molecule has 6 heterocycles. The minimum atomic E-state index is 0.895. The van der Waals surface area contributed by atoms with Crippen LogP contribution in [0.2, 0.25) is 0 Å². The van der Waals surface area contributed by atoms with E-state index in [9.17, 15) is 0 Å². The standard InChI is InChI=1S/C14H12N2.C13H10N2.C9H8N2/c1-10-5-6-11-9-14(16-13(11)8-10)12-4-2-3-7-15-12;1-2-6-11-10(5-1)9-13(15-11)12-7-3-4-8-14-12;1-2-6-10-8(4-1)9-5-3-7-11-9/h2-8H,9H2,1H3;1-8H,9H2;1-4,6-7H,5H2. The van der Waals surface area contributed by atoms with Gasteiger partial charge >= 0.3 is 0 Å². The zero-order valence-electron chi connectivity index (χ0n) is 23.4. The van der Waals surface area contributed by atoms with Gasteiger partial charge in [-0.05, 0) is 72.1 Å². The number of aliphatic imine (C=N–C) groups is 3. The molecule has 5 aromatic rings. The Morgan fingerprint density at radius 1 is 0.524 bits per heavy atom. The Hall–Kier alpha value is -5.36. The Labute approximate surface area is 246 Å². The number of benzene rings is 2. The van der Waals surface area contributed by atoms with Crippen LogP contribution < -0.4 is 0 Å². The maximum Gasteiger partial charge on any atom is 0.0848 e. The summed E-state index contributed by atoms with van der Waals surface area (Å²) in [5.74, 6) is 0. The van der Waals surface area contributed by atoms with E-state index < -0.39 is 0 Å². The Balaban J connectivity index is 0.000000115. The lowest BCUT2D eigenvalue weighted by Gasteiger charge is -1.97. The van der Waals surface area contributed by atoms with Crippen molar-refractivity contribution in [3.8, 4) is 0 Å². The average Bonchev–Trinajstić information content (AvgIpc) is 3.83. The summed E-state index contributed by atoms with van der Waals surface area (Å²) < 4.78 is 0. The minimum Gasteiger partial charge on any atom is -0.259 e. The van der Waals surface area contributed by atoms with Crippen LogP contribution in [0.15, 0.2) is 143 Å². The van der Waals surface area contributed by atoms with Crippen molar-refractivity contribution >= 4 is 28.5 Å². The third-order valence-electron chi connectivity index (χ3n) is 6.99. The fourth-order valence-electron chi connectivity index (χ4n) is 4.85. The average molecular weight is 547 g/mol. The quantitative estimate of drug-likeness (QED) is 0.234.